The number of halogens is 1. The van der Waals surface area contributed by atoms with Crippen LogP contribution in [0.2, 0.25) is 0 Å². The minimum Gasteiger partial charge on any atom is -0.389 e. The van der Waals surface area contributed by atoms with Crippen molar-refractivity contribution in [3.8, 4) is 0 Å². The zero-order chi connectivity index (χ0) is 15.0. The van der Waals surface area contributed by atoms with Crippen molar-refractivity contribution in [2.24, 2.45) is 0 Å². The van der Waals surface area contributed by atoms with Crippen LogP contribution >= 0.6 is 0 Å². The fourth-order valence-corrected chi connectivity index (χ4v) is 1.63. The summed E-state index contributed by atoms with van der Waals surface area (Å²) in [5, 5.41) is 12.8. The van der Waals surface area contributed by atoms with E-state index in [9.17, 15) is 9.50 Å². The van der Waals surface area contributed by atoms with Crippen LogP contribution < -0.4 is 5.32 Å². The van der Waals surface area contributed by atoms with Crippen molar-refractivity contribution in [2.45, 2.75) is 33.0 Å². The molecule has 0 heterocycles. The second-order valence-corrected chi connectivity index (χ2v) is 4.99. The van der Waals surface area contributed by atoms with Crippen molar-refractivity contribution < 1.29 is 19.0 Å². The number of aryl methyl sites for hydroxylation is 1. The molecule has 0 aliphatic rings. The highest BCUT2D eigenvalue weighted by Crippen LogP contribution is 2.15. The number of nitrogens with one attached hydrogen (secondary N) is 1. The zero-order valence-corrected chi connectivity index (χ0v) is 12.4. The molecule has 5 heteroatoms. The summed E-state index contributed by atoms with van der Waals surface area (Å²) < 4.78 is 23.7. The lowest BCUT2D eigenvalue weighted by Gasteiger charge is -2.15. The van der Waals surface area contributed by atoms with Crippen molar-refractivity contribution in [2.75, 3.05) is 31.7 Å². The van der Waals surface area contributed by atoms with Gasteiger partial charge in [-0.15, -0.1) is 0 Å². The van der Waals surface area contributed by atoms with Gasteiger partial charge in [0, 0.05) is 12.2 Å². The Morgan fingerprint density at radius 3 is 2.75 bits per heavy atom. The van der Waals surface area contributed by atoms with E-state index in [4.69, 9.17) is 9.47 Å². The number of ether oxygens (including phenoxy) is 2. The Balaban J connectivity index is 2.19. The van der Waals surface area contributed by atoms with Gasteiger partial charge in [0.15, 0.2) is 0 Å². The number of hydrogen-bond donors (Lipinski definition) is 2. The first-order valence-electron chi connectivity index (χ1n) is 6.86. The summed E-state index contributed by atoms with van der Waals surface area (Å²) in [6, 6.07) is 4.53. The molecule has 4 nitrogen and oxygen atoms in total. The smallest absolute Gasteiger partial charge is 0.125 e. The minimum absolute atomic E-state index is 0.182. The fraction of sp³-hybridized carbons (Fsp3) is 0.600. The average molecular weight is 285 g/mol. The minimum atomic E-state index is -0.642. The Morgan fingerprint density at radius 1 is 1.30 bits per heavy atom. The van der Waals surface area contributed by atoms with E-state index >= 15 is 0 Å². The SMILES string of the molecule is Cc1ccc(F)cc1NCC(O)COCCOC(C)C. The van der Waals surface area contributed by atoms with Gasteiger partial charge in [0.05, 0.1) is 32.0 Å². The molecule has 0 radical (unpaired) electrons. The predicted molar refractivity (Wildman–Crippen MR) is 77.5 cm³/mol. The highest BCUT2D eigenvalue weighted by Gasteiger charge is 2.06. The molecule has 0 amide bonds. The highest BCUT2D eigenvalue weighted by atomic mass is 19.1. The molecular formula is C15H24FNO3. The van der Waals surface area contributed by atoms with Crippen LogP contribution in [0.15, 0.2) is 18.2 Å². The first kappa shape index (κ1) is 16.9. The summed E-state index contributed by atoms with van der Waals surface area (Å²) in [5.74, 6) is -0.297. The van der Waals surface area contributed by atoms with E-state index in [0.717, 1.165) is 5.56 Å². The van der Waals surface area contributed by atoms with Crippen molar-refractivity contribution >= 4 is 5.69 Å². The van der Waals surface area contributed by atoms with E-state index in [0.29, 0.717) is 25.4 Å². The Hall–Kier alpha value is -1.17. The standard InChI is InChI=1S/C15H24FNO3/c1-11(2)20-7-6-19-10-14(18)9-17-15-8-13(16)5-4-12(15)3/h4-5,8,11,14,17-18H,6-7,9-10H2,1-3H3. The van der Waals surface area contributed by atoms with Crippen molar-refractivity contribution in [1.29, 1.82) is 0 Å². The molecule has 0 aliphatic heterocycles. The third kappa shape index (κ3) is 6.84. The number of rotatable bonds is 9. The summed E-state index contributed by atoms with van der Waals surface area (Å²) in [5.41, 5.74) is 1.62. The van der Waals surface area contributed by atoms with E-state index in [1.165, 1.54) is 12.1 Å². The summed E-state index contributed by atoms with van der Waals surface area (Å²) in [4.78, 5) is 0. The van der Waals surface area contributed by atoms with Gasteiger partial charge in [-0.25, -0.2) is 4.39 Å². The lowest BCUT2D eigenvalue weighted by molar-refractivity contribution is -0.00734. The Morgan fingerprint density at radius 2 is 2.05 bits per heavy atom. The molecule has 0 aromatic heterocycles. The summed E-state index contributed by atoms with van der Waals surface area (Å²) in [6.07, 6.45) is -0.460. The molecule has 0 aliphatic carbocycles. The molecule has 1 atom stereocenters. The average Bonchev–Trinajstić information content (AvgIpc) is 2.39. The quantitative estimate of drug-likeness (QED) is 0.684. The number of aliphatic hydroxyl groups is 1. The molecule has 0 saturated heterocycles. The molecule has 1 rings (SSSR count). The molecule has 2 N–H and O–H groups in total. The fourth-order valence-electron chi connectivity index (χ4n) is 1.63. The van der Waals surface area contributed by atoms with E-state index in [1.54, 1.807) is 6.07 Å². The maximum Gasteiger partial charge on any atom is 0.125 e. The van der Waals surface area contributed by atoms with Gasteiger partial charge in [0.2, 0.25) is 0 Å². The van der Waals surface area contributed by atoms with E-state index < -0.39 is 6.10 Å². The summed E-state index contributed by atoms with van der Waals surface area (Å²) in [6.45, 7) is 7.31. The largest absolute Gasteiger partial charge is 0.389 e. The maximum atomic E-state index is 13.1. The normalized spacial score (nSPS) is 12.7. The number of anilines is 1. The third-order valence-electron chi connectivity index (χ3n) is 2.72. The van der Waals surface area contributed by atoms with Crippen LogP contribution in [-0.4, -0.2) is 43.7 Å². The Kier molecular flexibility index (Phi) is 7.51. The zero-order valence-electron chi connectivity index (χ0n) is 12.4. The first-order chi connectivity index (χ1) is 9.49. The van der Waals surface area contributed by atoms with Gasteiger partial charge in [-0.05, 0) is 38.5 Å². The predicted octanol–water partition coefficient (Wildman–Crippen LogP) is 2.35. The van der Waals surface area contributed by atoms with Crippen molar-refractivity contribution in [3.05, 3.63) is 29.6 Å². The van der Waals surface area contributed by atoms with Crippen LogP contribution in [0, 0.1) is 12.7 Å². The highest BCUT2D eigenvalue weighted by molar-refractivity contribution is 5.50. The van der Waals surface area contributed by atoms with Crippen LogP contribution in [-0.2, 0) is 9.47 Å². The van der Waals surface area contributed by atoms with E-state index in [2.05, 4.69) is 5.32 Å². The molecule has 1 aromatic rings. The van der Waals surface area contributed by atoms with Crippen LogP contribution in [0.4, 0.5) is 10.1 Å². The van der Waals surface area contributed by atoms with Gasteiger partial charge in [0.1, 0.15) is 5.82 Å². The third-order valence-corrected chi connectivity index (χ3v) is 2.72. The molecule has 0 spiro atoms. The van der Waals surface area contributed by atoms with Gasteiger partial charge < -0.3 is 19.9 Å². The molecule has 20 heavy (non-hydrogen) atoms. The first-order valence-corrected chi connectivity index (χ1v) is 6.86. The van der Waals surface area contributed by atoms with Crippen LogP contribution in [0.3, 0.4) is 0 Å². The second kappa shape index (κ2) is 8.89. The lowest BCUT2D eigenvalue weighted by atomic mass is 10.2. The molecule has 114 valence electrons. The lowest BCUT2D eigenvalue weighted by Crippen LogP contribution is -2.26. The Labute approximate surface area is 119 Å². The maximum absolute atomic E-state index is 13.1. The monoisotopic (exact) mass is 285 g/mol. The van der Waals surface area contributed by atoms with E-state index in [1.807, 2.05) is 20.8 Å². The molecule has 1 unspecified atom stereocenters. The van der Waals surface area contributed by atoms with Gasteiger partial charge in [-0.3, -0.25) is 0 Å². The number of benzene rings is 1. The van der Waals surface area contributed by atoms with Crippen LogP contribution in [0.1, 0.15) is 19.4 Å². The number of aliphatic hydroxyl groups excluding tert-OH is 1. The van der Waals surface area contributed by atoms with Gasteiger partial charge in [-0.2, -0.15) is 0 Å². The van der Waals surface area contributed by atoms with Gasteiger partial charge in [-0.1, -0.05) is 6.07 Å². The van der Waals surface area contributed by atoms with Crippen molar-refractivity contribution in [3.63, 3.8) is 0 Å². The molecular weight excluding hydrogens is 261 g/mol. The summed E-state index contributed by atoms with van der Waals surface area (Å²) in [7, 11) is 0. The molecule has 1 aromatic carbocycles. The summed E-state index contributed by atoms with van der Waals surface area (Å²) >= 11 is 0. The van der Waals surface area contributed by atoms with Crippen LogP contribution in [0.25, 0.3) is 0 Å². The van der Waals surface area contributed by atoms with Crippen LogP contribution in [0.5, 0.6) is 0 Å². The molecule has 0 fully saturated rings. The Bertz CT molecular complexity index is 399. The molecule has 0 saturated carbocycles. The topological polar surface area (TPSA) is 50.7 Å². The van der Waals surface area contributed by atoms with Gasteiger partial charge in [0.25, 0.3) is 0 Å². The van der Waals surface area contributed by atoms with Crippen molar-refractivity contribution in [1.82, 2.24) is 0 Å². The molecule has 0 bridgehead atoms. The second-order valence-electron chi connectivity index (χ2n) is 4.99. The number of hydrogen-bond acceptors (Lipinski definition) is 4. The van der Waals surface area contributed by atoms with E-state index in [-0.39, 0.29) is 18.5 Å². The van der Waals surface area contributed by atoms with Gasteiger partial charge >= 0.3 is 0 Å².